The van der Waals surface area contributed by atoms with Crippen molar-refractivity contribution in [2.45, 2.75) is 0 Å². The summed E-state index contributed by atoms with van der Waals surface area (Å²) in [5.41, 5.74) is 9.53. The van der Waals surface area contributed by atoms with Gasteiger partial charge in [-0.3, -0.25) is 0 Å². The fraction of sp³-hybridized carbons (Fsp3) is 0.0909. The van der Waals surface area contributed by atoms with E-state index >= 15 is 0 Å². The number of fused-ring (bicyclic) bond motifs is 1. The molecule has 3 aromatic rings. The molecule has 86 valence electrons. The van der Waals surface area contributed by atoms with Crippen LogP contribution in [0.1, 0.15) is 0 Å². The quantitative estimate of drug-likeness (QED) is 0.723. The summed E-state index contributed by atoms with van der Waals surface area (Å²) in [4.78, 5) is 11.6. The minimum Gasteiger partial charge on any atom is -0.369 e. The van der Waals surface area contributed by atoms with Gasteiger partial charge in [0.05, 0.1) is 17.4 Å². The number of nitrogens with zero attached hydrogens (tertiary/aromatic N) is 3. The third-order valence-corrected chi connectivity index (χ3v) is 3.66. The molecule has 0 aliphatic carbocycles. The van der Waals surface area contributed by atoms with Crippen LogP contribution in [-0.2, 0) is 7.05 Å². The zero-order valence-corrected chi connectivity index (χ0v) is 10.7. The van der Waals surface area contributed by atoms with Crippen molar-refractivity contribution in [1.82, 2.24) is 19.5 Å². The molecule has 6 heteroatoms. The molecule has 0 saturated heterocycles. The fourth-order valence-electron chi connectivity index (χ4n) is 1.76. The van der Waals surface area contributed by atoms with Crippen molar-refractivity contribution in [1.29, 1.82) is 0 Å². The van der Waals surface area contributed by atoms with E-state index in [2.05, 4.69) is 30.9 Å². The molecular weight excluding hydrogens is 282 g/mol. The SMILES string of the molecule is Cn1c(N)nc(-c2ccc3nc[nH]c3c2)c1Br. The number of imidazole rings is 2. The van der Waals surface area contributed by atoms with Gasteiger partial charge in [0, 0.05) is 12.6 Å². The van der Waals surface area contributed by atoms with E-state index in [-0.39, 0.29) is 0 Å². The van der Waals surface area contributed by atoms with E-state index < -0.39 is 0 Å². The molecule has 0 aliphatic heterocycles. The van der Waals surface area contributed by atoms with Crippen molar-refractivity contribution < 1.29 is 0 Å². The predicted molar refractivity (Wildman–Crippen MR) is 70.4 cm³/mol. The van der Waals surface area contributed by atoms with Crippen molar-refractivity contribution in [3.8, 4) is 11.3 Å². The second-order valence-electron chi connectivity index (χ2n) is 3.80. The molecule has 1 aromatic carbocycles. The lowest BCUT2D eigenvalue weighted by Gasteiger charge is -1.99. The number of benzene rings is 1. The van der Waals surface area contributed by atoms with Crippen LogP contribution in [0.4, 0.5) is 5.95 Å². The molecule has 0 aliphatic rings. The van der Waals surface area contributed by atoms with Crippen LogP contribution in [0.25, 0.3) is 22.3 Å². The minimum absolute atomic E-state index is 0.483. The van der Waals surface area contributed by atoms with Crippen molar-refractivity contribution in [2.24, 2.45) is 7.05 Å². The number of halogens is 1. The standard InChI is InChI=1S/C11H10BrN5/c1-17-10(12)9(16-11(17)13)6-2-3-7-8(4-6)15-5-14-7/h2-5H,1H3,(H2,13,16)(H,14,15). The number of nitrogen functional groups attached to an aromatic ring is 1. The van der Waals surface area contributed by atoms with Gasteiger partial charge in [-0.1, -0.05) is 6.07 Å². The molecule has 17 heavy (non-hydrogen) atoms. The first-order chi connectivity index (χ1) is 8.16. The highest BCUT2D eigenvalue weighted by Crippen LogP contribution is 2.30. The van der Waals surface area contributed by atoms with E-state index in [4.69, 9.17) is 5.73 Å². The lowest BCUT2D eigenvalue weighted by molar-refractivity contribution is 0.907. The highest BCUT2D eigenvalue weighted by Gasteiger charge is 2.12. The van der Waals surface area contributed by atoms with Gasteiger partial charge in [-0.05, 0) is 28.1 Å². The zero-order chi connectivity index (χ0) is 12.0. The predicted octanol–water partition coefficient (Wildman–Crippen LogP) is 2.31. The molecule has 0 saturated carbocycles. The van der Waals surface area contributed by atoms with Gasteiger partial charge in [0.25, 0.3) is 0 Å². The maximum Gasteiger partial charge on any atom is 0.201 e. The van der Waals surface area contributed by atoms with Crippen LogP contribution in [0.15, 0.2) is 29.1 Å². The van der Waals surface area contributed by atoms with Gasteiger partial charge < -0.3 is 15.3 Å². The Morgan fingerprint density at radius 2 is 2.24 bits per heavy atom. The van der Waals surface area contributed by atoms with E-state index in [1.54, 1.807) is 10.9 Å². The summed E-state index contributed by atoms with van der Waals surface area (Å²) < 4.78 is 2.67. The number of rotatable bonds is 1. The van der Waals surface area contributed by atoms with Gasteiger partial charge in [-0.15, -0.1) is 0 Å². The molecule has 0 unspecified atom stereocenters. The third kappa shape index (κ3) is 1.52. The average molecular weight is 292 g/mol. The van der Waals surface area contributed by atoms with E-state index in [0.717, 1.165) is 26.9 Å². The average Bonchev–Trinajstić information content (AvgIpc) is 2.89. The fourth-order valence-corrected chi connectivity index (χ4v) is 2.26. The molecule has 2 heterocycles. The van der Waals surface area contributed by atoms with Crippen LogP contribution in [0.3, 0.4) is 0 Å². The van der Waals surface area contributed by atoms with Crippen LogP contribution in [0.5, 0.6) is 0 Å². The number of aromatic amines is 1. The molecule has 0 fully saturated rings. The summed E-state index contributed by atoms with van der Waals surface area (Å²) in [7, 11) is 1.87. The van der Waals surface area contributed by atoms with Crippen molar-refractivity contribution in [3.05, 3.63) is 29.1 Å². The Morgan fingerprint density at radius 1 is 1.41 bits per heavy atom. The summed E-state index contributed by atoms with van der Waals surface area (Å²) in [6.07, 6.45) is 1.68. The Labute approximate surface area is 106 Å². The second-order valence-corrected chi connectivity index (χ2v) is 4.55. The molecule has 0 bridgehead atoms. The van der Waals surface area contributed by atoms with Crippen LogP contribution in [-0.4, -0.2) is 19.5 Å². The molecule has 3 N–H and O–H groups in total. The van der Waals surface area contributed by atoms with Gasteiger partial charge >= 0.3 is 0 Å². The molecule has 3 rings (SSSR count). The first-order valence-electron chi connectivity index (χ1n) is 5.08. The van der Waals surface area contributed by atoms with Crippen molar-refractivity contribution >= 4 is 32.9 Å². The smallest absolute Gasteiger partial charge is 0.201 e. The first kappa shape index (κ1) is 10.3. The molecule has 5 nitrogen and oxygen atoms in total. The van der Waals surface area contributed by atoms with Gasteiger partial charge in [-0.25, -0.2) is 9.97 Å². The number of anilines is 1. The number of hydrogen-bond acceptors (Lipinski definition) is 3. The molecular formula is C11H10BrN5. The monoisotopic (exact) mass is 291 g/mol. The topological polar surface area (TPSA) is 72.5 Å². The molecule has 0 radical (unpaired) electrons. The summed E-state index contributed by atoms with van der Waals surface area (Å²) in [5.74, 6) is 0.483. The summed E-state index contributed by atoms with van der Waals surface area (Å²) in [5, 5.41) is 0. The van der Waals surface area contributed by atoms with Gasteiger partial charge in [0.2, 0.25) is 5.95 Å². The Bertz CT molecular complexity index is 697. The van der Waals surface area contributed by atoms with Crippen LogP contribution < -0.4 is 5.73 Å². The van der Waals surface area contributed by atoms with Crippen LogP contribution in [0, 0.1) is 0 Å². The van der Waals surface area contributed by atoms with Gasteiger partial charge in [0.1, 0.15) is 10.3 Å². The van der Waals surface area contributed by atoms with Crippen LogP contribution in [0.2, 0.25) is 0 Å². The Kier molecular flexibility index (Phi) is 2.19. The highest BCUT2D eigenvalue weighted by molar-refractivity contribution is 9.10. The second kappa shape index (κ2) is 3.59. The van der Waals surface area contributed by atoms with Crippen LogP contribution >= 0.6 is 15.9 Å². The zero-order valence-electron chi connectivity index (χ0n) is 9.11. The summed E-state index contributed by atoms with van der Waals surface area (Å²) >= 11 is 3.49. The molecule has 0 amide bonds. The number of H-pyrrole nitrogens is 1. The van der Waals surface area contributed by atoms with E-state index in [1.807, 2.05) is 25.2 Å². The van der Waals surface area contributed by atoms with E-state index in [9.17, 15) is 0 Å². The normalized spacial score (nSPS) is 11.2. The lowest BCUT2D eigenvalue weighted by atomic mass is 10.1. The maximum absolute atomic E-state index is 5.77. The third-order valence-electron chi connectivity index (χ3n) is 2.75. The Balaban J connectivity index is 2.22. The van der Waals surface area contributed by atoms with Crippen molar-refractivity contribution in [3.63, 3.8) is 0 Å². The molecule has 0 atom stereocenters. The van der Waals surface area contributed by atoms with E-state index in [1.165, 1.54) is 0 Å². The highest BCUT2D eigenvalue weighted by atomic mass is 79.9. The largest absolute Gasteiger partial charge is 0.369 e. The number of hydrogen-bond donors (Lipinski definition) is 2. The van der Waals surface area contributed by atoms with Gasteiger partial charge in [-0.2, -0.15) is 0 Å². The minimum atomic E-state index is 0.483. The van der Waals surface area contributed by atoms with E-state index in [0.29, 0.717) is 5.95 Å². The van der Waals surface area contributed by atoms with Crippen molar-refractivity contribution in [2.75, 3.05) is 5.73 Å². The molecule has 0 spiro atoms. The summed E-state index contributed by atoms with van der Waals surface area (Å²) in [6.45, 7) is 0. The number of aromatic nitrogens is 4. The Hall–Kier alpha value is -1.82. The number of nitrogens with one attached hydrogen (secondary N) is 1. The molecule has 2 aromatic heterocycles. The first-order valence-corrected chi connectivity index (χ1v) is 5.87. The Morgan fingerprint density at radius 3 is 2.94 bits per heavy atom. The summed E-state index contributed by atoms with van der Waals surface area (Å²) in [6, 6.07) is 5.95. The van der Waals surface area contributed by atoms with Gasteiger partial charge in [0.15, 0.2) is 0 Å². The number of nitrogens with two attached hydrogens (primary N) is 1. The lowest BCUT2D eigenvalue weighted by Crippen LogP contribution is -1.96. The maximum atomic E-state index is 5.77.